The van der Waals surface area contributed by atoms with Gasteiger partial charge in [0.1, 0.15) is 0 Å². The second-order valence-corrected chi connectivity index (χ2v) is 15.5. The molecule has 0 saturated heterocycles. The van der Waals surface area contributed by atoms with Gasteiger partial charge in [0.15, 0.2) is 0 Å². The summed E-state index contributed by atoms with van der Waals surface area (Å²) in [5.41, 5.74) is 3.01. The summed E-state index contributed by atoms with van der Waals surface area (Å²) >= 11 is 0. The van der Waals surface area contributed by atoms with E-state index >= 15 is 0 Å². The fraction of sp³-hybridized carbons (Fsp3) is 0.478. The molecule has 136 valence electrons. The molecule has 0 saturated carbocycles. The molecule has 2 aromatic carbocycles. The zero-order valence-electron chi connectivity index (χ0n) is 16.8. The Labute approximate surface area is 158 Å². The summed E-state index contributed by atoms with van der Waals surface area (Å²) in [6.45, 7) is 14.7. The molecule has 0 aliphatic carbocycles. The van der Waals surface area contributed by atoms with Gasteiger partial charge < -0.3 is 0 Å². The molecule has 0 amide bonds. The molecular weight excluding hydrogens is 338 g/mol. The van der Waals surface area contributed by atoms with Crippen LogP contribution in [0.2, 0.25) is 0 Å². The van der Waals surface area contributed by atoms with E-state index in [0.717, 1.165) is 0 Å². The van der Waals surface area contributed by atoms with Gasteiger partial charge in [-0.2, -0.15) is 0 Å². The van der Waals surface area contributed by atoms with Crippen LogP contribution in [0.4, 0.5) is 0 Å². The monoisotopic (exact) mass is 372 g/mol. The summed E-state index contributed by atoms with van der Waals surface area (Å²) < 4.78 is 0. The van der Waals surface area contributed by atoms with Crippen LogP contribution in [0.1, 0.15) is 52.7 Å². The minimum atomic E-state index is -0.0490. The summed E-state index contributed by atoms with van der Waals surface area (Å²) in [6.07, 6.45) is 2.51. The van der Waals surface area contributed by atoms with Gasteiger partial charge in [-0.3, -0.25) is 0 Å². The number of benzene rings is 2. The van der Waals surface area contributed by atoms with Crippen molar-refractivity contribution in [2.75, 3.05) is 5.90 Å². The fourth-order valence-corrected chi connectivity index (χ4v) is 10.9. The van der Waals surface area contributed by atoms with E-state index in [1.165, 1.54) is 29.4 Å². The third-order valence-corrected chi connectivity index (χ3v) is 12.7. The lowest BCUT2D eigenvalue weighted by atomic mass is 10.2. The zero-order valence-corrected chi connectivity index (χ0v) is 18.6. The summed E-state index contributed by atoms with van der Waals surface area (Å²) in [6, 6.07) is 22.2. The molecule has 0 fully saturated rings. The SMILES string of the molecule is CC(C)(C)P(Cc1ccccc1)CP(Cc1ccccc1)C(C)(C)C. The summed E-state index contributed by atoms with van der Waals surface area (Å²) in [5, 5.41) is 0.793. The van der Waals surface area contributed by atoms with Gasteiger partial charge in [0.25, 0.3) is 0 Å². The Kier molecular flexibility index (Phi) is 7.25. The number of hydrogen-bond donors (Lipinski definition) is 0. The van der Waals surface area contributed by atoms with Crippen LogP contribution in [-0.2, 0) is 12.3 Å². The lowest BCUT2D eigenvalue weighted by Crippen LogP contribution is -2.20. The summed E-state index contributed by atoms with van der Waals surface area (Å²) in [4.78, 5) is 0. The van der Waals surface area contributed by atoms with Crippen molar-refractivity contribution < 1.29 is 0 Å². The van der Waals surface area contributed by atoms with Gasteiger partial charge in [-0.1, -0.05) is 118 Å². The van der Waals surface area contributed by atoms with Crippen LogP contribution in [0, 0.1) is 0 Å². The summed E-state index contributed by atoms with van der Waals surface area (Å²) in [5.74, 6) is 1.40. The molecule has 0 heterocycles. The average molecular weight is 372 g/mol. The molecule has 2 rings (SSSR count). The van der Waals surface area contributed by atoms with Gasteiger partial charge in [-0.15, -0.1) is 0 Å². The van der Waals surface area contributed by atoms with Crippen molar-refractivity contribution in [2.24, 2.45) is 0 Å². The Morgan fingerprint density at radius 1 is 0.560 bits per heavy atom. The maximum Gasteiger partial charge on any atom is -0.00652 e. The van der Waals surface area contributed by atoms with E-state index in [4.69, 9.17) is 0 Å². The molecule has 2 aromatic rings. The molecule has 0 aliphatic heterocycles. The van der Waals surface area contributed by atoms with E-state index in [-0.39, 0.29) is 15.8 Å². The highest BCUT2D eigenvalue weighted by Gasteiger charge is 2.32. The minimum absolute atomic E-state index is 0.0490. The highest BCUT2D eigenvalue weighted by atomic mass is 31.2. The van der Waals surface area contributed by atoms with Crippen LogP contribution in [0.15, 0.2) is 60.7 Å². The Morgan fingerprint density at radius 3 is 1.16 bits per heavy atom. The van der Waals surface area contributed by atoms with E-state index in [0.29, 0.717) is 10.3 Å². The minimum Gasteiger partial charge on any atom is -0.0923 e. The van der Waals surface area contributed by atoms with Crippen molar-refractivity contribution in [3.63, 3.8) is 0 Å². The standard InChI is InChI=1S/C23H34P2/c1-22(2,3)24(17-20-13-9-7-10-14-20)19-25(23(4,5)6)18-21-15-11-8-12-16-21/h7-16H,17-19H2,1-6H3. The van der Waals surface area contributed by atoms with Gasteiger partial charge in [0.05, 0.1) is 0 Å². The van der Waals surface area contributed by atoms with Crippen LogP contribution in [0.3, 0.4) is 0 Å². The van der Waals surface area contributed by atoms with Crippen molar-refractivity contribution in [2.45, 2.75) is 64.2 Å². The van der Waals surface area contributed by atoms with Gasteiger partial charge in [0, 0.05) is 0 Å². The van der Waals surface area contributed by atoms with Crippen molar-refractivity contribution in [3.8, 4) is 0 Å². The molecule has 0 nitrogen and oxygen atoms in total. The van der Waals surface area contributed by atoms with Gasteiger partial charge in [-0.05, 0) is 39.7 Å². The Bertz CT molecular complexity index is 563. The second kappa shape index (κ2) is 8.79. The zero-order chi connectivity index (χ0) is 18.5. The third-order valence-electron chi connectivity index (χ3n) is 4.67. The quantitative estimate of drug-likeness (QED) is 0.452. The third kappa shape index (κ3) is 6.84. The fourth-order valence-electron chi connectivity index (χ4n) is 2.81. The summed E-state index contributed by atoms with van der Waals surface area (Å²) in [7, 11) is -0.0980. The largest absolute Gasteiger partial charge is 0.0923 e. The Balaban J connectivity index is 2.20. The van der Waals surface area contributed by atoms with E-state index < -0.39 is 0 Å². The first kappa shape index (κ1) is 20.6. The van der Waals surface area contributed by atoms with E-state index in [2.05, 4.69) is 102 Å². The van der Waals surface area contributed by atoms with Crippen molar-refractivity contribution >= 4 is 15.8 Å². The van der Waals surface area contributed by atoms with Crippen molar-refractivity contribution in [3.05, 3.63) is 71.8 Å². The maximum absolute atomic E-state index is 2.44. The predicted octanol–water partition coefficient (Wildman–Crippen LogP) is 7.91. The molecule has 25 heavy (non-hydrogen) atoms. The predicted molar refractivity (Wildman–Crippen MR) is 119 cm³/mol. The molecule has 0 aromatic heterocycles. The highest BCUT2D eigenvalue weighted by Crippen LogP contribution is 2.65. The van der Waals surface area contributed by atoms with Crippen LogP contribution in [0.5, 0.6) is 0 Å². The molecule has 0 spiro atoms. The van der Waals surface area contributed by atoms with E-state index in [1.54, 1.807) is 0 Å². The van der Waals surface area contributed by atoms with Gasteiger partial charge in [-0.25, -0.2) is 0 Å². The molecule has 2 unspecified atom stereocenters. The second-order valence-electron chi connectivity index (χ2n) is 8.85. The normalized spacial score (nSPS) is 15.0. The highest BCUT2D eigenvalue weighted by molar-refractivity contribution is 7.75. The first-order chi connectivity index (χ1) is 11.7. The first-order valence-electron chi connectivity index (χ1n) is 9.24. The maximum atomic E-state index is 2.44. The van der Waals surface area contributed by atoms with Crippen LogP contribution in [-0.4, -0.2) is 16.2 Å². The molecule has 2 atom stereocenters. The topological polar surface area (TPSA) is 0 Å². The average Bonchev–Trinajstić information content (AvgIpc) is 2.53. The number of rotatable bonds is 6. The van der Waals surface area contributed by atoms with Crippen molar-refractivity contribution in [1.82, 2.24) is 0 Å². The van der Waals surface area contributed by atoms with Crippen molar-refractivity contribution in [1.29, 1.82) is 0 Å². The van der Waals surface area contributed by atoms with E-state index in [1.807, 2.05) is 0 Å². The molecule has 0 bridgehead atoms. The lowest BCUT2D eigenvalue weighted by Gasteiger charge is -2.40. The molecule has 0 aliphatic rings. The van der Waals surface area contributed by atoms with Crippen LogP contribution in [0.25, 0.3) is 0 Å². The Morgan fingerprint density at radius 2 is 0.880 bits per heavy atom. The van der Waals surface area contributed by atoms with Crippen LogP contribution >= 0.6 is 15.8 Å². The van der Waals surface area contributed by atoms with Gasteiger partial charge >= 0.3 is 0 Å². The molecule has 0 N–H and O–H groups in total. The van der Waals surface area contributed by atoms with E-state index in [9.17, 15) is 0 Å². The lowest BCUT2D eigenvalue weighted by molar-refractivity contribution is 0.771. The smallest absolute Gasteiger partial charge is 0.00652 e. The molecule has 2 heteroatoms. The molecular formula is C23H34P2. The Hall–Kier alpha value is -0.700. The number of hydrogen-bond acceptors (Lipinski definition) is 0. The van der Waals surface area contributed by atoms with Crippen LogP contribution < -0.4 is 0 Å². The van der Waals surface area contributed by atoms with Gasteiger partial charge in [0.2, 0.25) is 0 Å². The molecule has 0 radical (unpaired) electrons. The first-order valence-corrected chi connectivity index (χ1v) is 12.7.